The van der Waals surface area contributed by atoms with Crippen molar-refractivity contribution < 1.29 is 9.18 Å². The molecule has 1 amide bonds. The zero-order valence-corrected chi connectivity index (χ0v) is 13.5. The fraction of sp³-hybridized carbons (Fsp3) is 0.263. The molecule has 1 aliphatic rings. The van der Waals surface area contributed by atoms with E-state index in [1.54, 1.807) is 24.3 Å². The number of halogens is 1. The molecule has 0 unspecified atom stereocenters. The number of piperazine rings is 1. The quantitative estimate of drug-likeness (QED) is 0.816. The van der Waals surface area contributed by atoms with E-state index in [1.165, 1.54) is 12.1 Å². The number of benzene rings is 1. The van der Waals surface area contributed by atoms with Crippen LogP contribution < -0.4 is 5.32 Å². The zero-order chi connectivity index (χ0) is 16.9. The van der Waals surface area contributed by atoms with Crippen LogP contribution in [-0.4, -0.2) is 42.0 Å². The van der Waals surface area contributed by atoms with E-state index in [0.717, 1.165) is 13.1 Å². The Kier molecular flexibility index (Phi) is 4.88. The molecule has 1 aromatic heterocycles. The lowest BCUT2D eigenvalue weighted by molar-refractivity contribution is 0.0734. The number of aromatic nitrogens is 1. The van der Waals surface area contributed by atoms with E-state index in [2.05, 4.69) is 22.1 Å². The molecular weight excluding hydrogens is 305 g/mol. The topological polar surface area (TPSA) is 45.2 Å². The summed E-state index contributed by atoms with van der Waals surface area (Å²) in [5, 5.41) is 3.23. The maximum Gasteiger partial charge on any atom is 0.255 e. The molecular formula is C19H18FN3O. The highest BCUT2D eigenvalue weighted by molar-refractivity contribution is 5.95. The minimum atomic E-state index is -0.317. The summed E-state index contributed by atoms with van der Waals surface area (Å²) in [5.41, 5.74) is 2.42. The van der Waals surface area contributed by atoms with Crippen LogP contribution in [0.5, 0.6) is 0 Å². The second kappa shape index (κ2) is 7.24. The van der Waals surface area contributed by atoms with Crippen molar-refractivity contribution >= 4 is 5.91 Å². The number of nitrogens with zero attached hydrogens (tertiary/aromatic N) is 2. The van der Waals surface area contributed by atoms with Crippen molar-refractivity contribution in [1.29, 1.82) is 0 Å². The molecule has 0 radical (unpaired) electrons. The molecule has 1 aliphatic heterocycles. The summed E-state index contributed by atoms with van der Waals surface area (Å²) in [4.78, 5) is 18.8. The molecule has 1 fully saturated rings. The molecule has 0 spiro atoms. The third kappa shape index (κ3) is 3.79. The molecule has 3 rings (SSSR count). The molecule has 2 aromatic rings. The second-order valence-electron chi connectivity index (χ2n) is 5.63. The number of carbonyl (C=O) groups excluding carboxylic acids is 1. The van der Waals surface area contributed by atoms with Crippen molar-refractivity contribution in [2.75, 3.05) is 26.2 Å². The van der Waals surface area contributed by atoms with Crippen LogP contribution in [0.1, 0.15) is 27.3 Å². The number of aryl methyl sites for hydroxylation is 1. The molecule has 1 aromatic carbocycles. The normalized spacial score (nSPS) is 14.0. The highest BCUT2D eigenvalue weighted by Crippen LogP contribution is 2.11. The van der Waals surface area contributed by atoms with Crippen LogP contribution >= 0.6 is 0 Å². The molecule has 122 valence electrons. The van der Waals surface area contributed by atoms with Gasteiger partial charge >= 0.3 is 0 Å². The van der Waals surface area contributed by atoms with E-state index < -0.39 is 0 Å². The van der Waals surface area contributed by atoms with Gasteiger partial charge in [-0.15, -0.1) is 0 Å². The highest BCUT2D eigenvalue weighted by Gasteiger charge is 2.19. The molecule has 5 heteroatoms. The standard InChI is InChI=1S/C19H18FN3O/c1-14-18(19(24)23-11-9-21-10-12-23)8-7-17(22-14)6-5-15-3-2-4-16(20)13-15/h2-4,7-8,13,21H,9-12H2,1H3. The summed E-state index contributed by atoms with van der Waals surface area (Å²) in [6.45, 7) is 4.85. The largest absolute Gasteiger partial charge is 0.336 e. The summed E-state index contributed by atoms with van der Waals surface area (Å²) >= 11 is 0. The van der Waals surface area contributed by atoms with Crippen molar-refractivity contribution in [3.63, 3.8) is 0 Å². The van der Waals surface area contributed by atoms with Gasteiger partial charge in [-0.25, -0.2) is 9.37 Å². The summed E-state index contributed by atoms with van der Waals surface area (Å²) in [5.74, 6) is 5.49. The third-order valence-electron chi connectivity index (χ3n) is 3.88. The summed E-state index contributed by atoms with van der Waals surface area (Å²) in [6.07, 6.45) is 0. The predicted molar refractivity (Wildman–Crippen MR) is 90.1 cm³/mol. The molecule has 0 aliphatic carbocycles. The number of amides is 1. The average Bonchev–Trinajstić information content (AvgIpc) is 2.60. The van der Waals surface area contributed by atoms with Crippen molar-refractivity contribution in [2.45, 2.75) is 6.92 Å². The van der Waals surface area contributed by atoms with E-state index in [9.17, 15) is 9.18 Å². The number of hydrogen-bond acceptors (Lipinski definition) is 3. The molecule has 2 heterocycles. The van der Waals surface area contributed by atoms with Crippen LogP contribution in [-0.2, 0) is 0 Å². The van der Waals surface area contributed by atoms with Gasteiger partial charge in [0.05, 0.1) is 11.3 Å². The fourth-order valence-electron chi connectivity index (χ4n) is 2.60. The Morgan fingerprint density at radius 2 is 2.00 bits per heavy atom. The van der Waals surface area contributed by atoms with Gasteiger partial charge in [-0.3, -0.25) is 4.79 Å². The Balaban J connectivity index is 1.79. The highest BCUT2D eigenvalue weighted by atomic mass is 19.1. The number of hydrogen-bond donors (Lipinski definition) is 1. The molecule has 0 atom stereocenters. The Labute approximate surface area is 140 Å². The fourth-order valence-corrected chi connectivity index (χ4v) is 2.60. The van der Waals surface area contributed by atoms with E-state index in [0.29, 0.717) is 35.6 Å². The van der Waals surface area contributed by atoms with Gasteiger partial charge in [0, 0.05) is 31.7 Å². The van der Waals surface area contributed by atoms with Gasteiger partial charge in [0.25, 0.3) is 5.91 Å². The predicted octanol–water partition coefficient (Wildman–Crippen LogP) is 1.97. The van der Waals surface area contributed by atoms with Crippen LogP contribution in [0.4, 0.5) is 4.39 Å². The van der Waals surface area contributed by atoms with Crippen LogP contribution in [0, 0.1) is 24.6 Å². The minimum absolute atomic E-state index is 0.00568. The van der Waals surface area contributed by atoms with Crippen LogP contribution in [0.25, 0.3) is 0 Å². The molecule has 4 nitrogen and oxygen atoms in total. The minimum Gasteiger partial charge on any atom is -0.336 e. The third-order valence-corrected chi connectivity index (χ3v) is 3.88. The van der Waals surface area contributed by atoms with Crippen LogP contribution in [0.15, 0.2) is 36.4 Å². The monoisotopic (exact) mass is 323 g/mol. The van der Waals surface area contributed by atoms with E-state index >= 15 is 0 Å². The summed E-state index contributed by atoms with van der Waals surface area (Å²) in [6, 6.07) is 9.61. The SMILES string of the molecule is Cc1nc(C#Cc2cccc(F)c2)ccc1C(=O)N1CCNCC1. The molecule has 1 N–H and O–H groups in total. The Hall–Kier alpha value is -2.71. The van der Waals surface area contributed by atoms with Crippen LogP contribution in [0.3, 0.4) is 0 Å². The zero-order valence-electron chi connectivity index (χ0n) is 13.5. The molecule has 0 bridgehead atoms. The first-order valence-corrected chi connectivity index (χ1v) is 7.89. The van der Waals surface area contributed by atoms with Gasteiger partial charge in [-0.1, -0.05) is 12.0 Å². The number of nitrogens with one attached hydrogen (secondary N) is 1. The van der Waals surface area contributed by atoms with Gasteiger partial charge < -0.3 is 10.2 Å². The molecule has 24 heavy (non-hydrogen) atoms. The van der Waals surface area contributed by atoms with Crippen molar-refractivity contribution in [2.24, 2.45) is 0 Å². The lowest BCUT2D eigenvalue weighted by atomic mass is 10.1. The Morgan fingerprint density at radius 3 is 2.71 bits per heavy atom. The number of rotatable bonds is 1. The van der Waals surface area contributed by atoms with Gasteiger partial charge in [-0.2, -0.15) is 0 Å². The molecule has 1 saturated heterocycles. The van der Waals surface area contributed by atoms with Gasteiger partial charge in [0.1, 0.15) is 11.5 Å². The van der Waals surface area contributed by atoms with Crippen LogP contribution in [0.2, 0.25) is 0 Å². The smallest absolute Gasteiger partial charge is 0.255 e. The second-order valence-corrected chi connectivity index (χ2v) is 5.63. The first-order valence-electron chi connectivity index (χ1n) is 7.89. The number of carbonyl (C=O) groups is 1. The van der Waals surface area contributed by atoms with Crippen molar-refractivity contribution in [3.05, 3.63) is 64.7 Å². The van der Waals surface area contributed by atoms with E-state index in [1.807, 2.05) is 11.8 Å². The van der Waals surface area contributed by atoms with Gasteiger partial charge in [0.15, 0.2) is 0 Å². The van der Waals surface area contributed by atoms with Gasteiger partial charge in [0.2, 0.25) is 0 Å². The maximum absolute atomic E-state index is 13.1. The first-order chi connectivity index (χ1) is 11.6. The summed E-state index contributed by atoms with van der Waals surface area (Å²) in [7, 11) is 0. The van der Waals surface area contributed by atoms with Crippen molar-refractivity contribution in [1.82, 2.24) is 15.2 Å². The Bertz CT molecular complexity index is 817. The van der Waals surface area contributed by atoms with Crippen molar-refractivity contribution in [3.8, 4) is 11.8 Å². The van der Waals surface area contributed by atoms with E-state index in [-0.39, 0.29) is 11.7 Å². The Morgan fingerprint density at radius 1 is 1.21 bits per heavy atom. The lowest BCUT2D eigenvalue weighted by Gasteiger charge is -2.27. The number of pyridine rings is 1. The average molecular weight is 323 g/mol. The maximum atomic E-state index is 13.1. The lowest BCUT2D eigenvalue weighted by Crippen LogP contribution is -2.46. The van der Waals surface area contributed by atoms with E-state index in [4.69, 9.17) is 0 Å². The molecule has 0 saturated carbocycles. The first kappa shape index (κ1) is 16.2. The summed E-state index contributed by atoms with van der Waals surface area (Å²) < 4.78 is 13.1. The van der Waals surface area contributed by atoms with Gasteiger partial charge in [-0.05, 0) is 43.2 Å².